The standard InChI is InChI=1S/C11H9FN2OS/c1-14-7-6-13-11(14)16-10(15)8-2-4-9(12)5-3-8/h2-7H,1H3. The first-order valence-electron chi connectivity index (χ1n) is 4.62. The summed E-state index contributed by atoms with van der Waals surface area (Å²) in [6, 6.07) is 5.47. The Balaban J connectivity index is 2.15. The van der Waals surface area contributed by atoms with Crippen LogP contribution in [-0.2, 0) is 7.05 Å². The highest BCUT2D eigenvalue weighted by molar-refractivity contribution is 8.14. The van der Waals surface area contributed by atoms with Crippen molar-refractivity contribution < 1.29 is 9.18 Å². The fourth-order valence-electron chi connectivity index (χ4n) is 1.18. The van der Waals surface area contributed by atoms with E-state index in [1.807, 2.05) is 7.05 Å². The number of nitrogens with zero attached hydrogens (tertiary/aromatic N) is 2. The molecule has 1 heterocycles. The summed E-state index contributed by atoms with van der Waals surface area (Å²) in [7, 11) is 1.81. The van der Waals surface area contributed by atoms with Crippen molar-refractivity contribution in [3.8, 4) is 0 Å². The summed E-state index contributed by atoms with van der Waals surface area (Å²) in [6.45, 7) is 0. The van der Waals surface area contributed by atoms with Gasteiger partial charge in [-0.2, -0.15) is 0 Å². The largest absolute Gasteiger partial charge is 0.329 e. The predicted octanol–water partition coefficient (Wildman–Crippen LogP) is 2.49. The summed E-state index contributed by atoms with van der Waals surface area (Å²) in [6.07, 6.45) is 3.39. The Kier molecular flexibility index (Phi) is 3.05. The van der Waals surface area contributed by atoms with Crippen LogP contribution in [0.1, 0.15) is 10.4 Å². The van der Waals surface area contributed by atoms with Crippen molar-refractivity contribution in [2.75, 3.05) is 0 Å². The zero-order chi connectivity index (χ0) is 11.5. The lowest BCUT2D eigenvalue weighted by molar-refractivity contribution is 0.108. The summed E-state index contributed by atoms with van der Waals surface area (Å²) in [5.74, 6) is -0.349. The van der Waals surface area contributed by atoms with E-state index in [0.717, 1.165) is 11.8 Å². The molecule has 1 aromatic heterocycles. The molecule has 0 fully saturated rings. The van der Waals surface area contributed by atoms with Gasteiger partial charge in [-0.15, -0.1) is 0 Å². The Hall–Kier alpha value is -1.62. The fourth-order valence-corrected chi connectivity index (χ4v) is 1.92. The van der Waals surface area contributed by atoms with E-state index in [1.165, 1.54) is 24.3 Å². The number of carbonyl (C=O) groups excluding carboxylic acids is 1. The zero-order valence-electron chi connectivity index (χ0n) is 8.55. The minimum absolute atomic E-state index is 0.144. The van der Waals surface area contributed by atoms with E-state index in [0.29, 0.717) is 10.7 Å². The van der Waals surface area contributed by atoms with E-state index in [9.17, 15) is 9.18 Å². The molecule has 0 spiro atoms. The van der Waals surface area contributed by atoms with Gasteiger partial charge in [-0.05, 0) is 36.0 Å². The number of carbonyl (C=O) groups is 1. The lowest BCUT2D eigenvalue weighted by Gasteiger charge is -2.00. The summed E-state index contributed by atoms with van der Waals surface area (Å²) < 4.78 is 14.4. The first-order valence-corrected chi connectivity index (χ1v) is 5.43. The monoisotopic (exact) mass is 236 g/mol. The maximum absolute atomic E-state index is 12.7. The van der Waals surface area contributed by atoms with E-state index in [4.69, 9.17) is 0 Å². The Morgan fingerprint density at radius 3 is 2.62 bits per heavy atom. The number of hydrogen-bond donors (Lipinski definition) is 0. The number of rotatable bonds is 2. The van der Waals surface area contributed by atoms with Crippen molar-refractivity contribution in [3.63, 3.8) is 0 Å². The fraction of sp³-hybridized carbons (Fsp3) is 0.0909. The van der Waals surface area contributed by atoms with Gasteiger partial charge >= 0.3 is 0 Å². The smallest absolute Gasteiger partial charge is 0.227 e. The van der Waals surface area contributed by atoms with Gasteiger partial charge in [-0.25, -0.2) is 9.37 Å². The van der Waals surface area contributed by atoms with Crippen molar-refractivity contribution in [1.29, 1.82) is 0 Å². The molecule has 16 heavy (non-hydrogen) atoms. The van der Waals surface area contributed by atoms with Crippen LogP contribution >= 0.6 is 11.8 Å². The van der Waals surface area contributed by atoms with Crippen LogP contribution in [-0.4, -0.2) is 14.7 Å². The second-order valence-electron chi connectivity index (χ2n) is 3.22. The Morgan fingerprint density at radius 2 is 2.06 bits per heavy atom. The van der Waals surface area contributed by atoms with Crippen LogP contribution in [0.15, 0.2) is 41.8 Å². The SMILES string of the molecule is Cn1ccnc1SC(=O)c1ccc(F)cc1. The highest BCUT2D eigenvalue weighted by Gasteiger charge is 2.10. The van der Waals surface area contributed by atoms with Crippen LogP contribution in [0.2, 0.25) is 0 Å². The molecule has 0 atom stereocenters. The third-order valence-corrected chi connectivity index (χ3v) is 3.04. The minimum atomic E-state index is -0.349. The van der Waals surface area contributed by atoms with Gasteiger partial charge in [0.15, 0.2) is 5.16 Å². The topological polar surface area (TPSA) is 34.9 Å². The number of benzene rings is 1. The molecule has 0 unspecified atom stereocenters. The Labute approximate surface area is 96.3 Å². The first-order chi connectivity index (χ1) is 7.66. The molecule has 82 valence electrons. The van der Waals surface area contributed by atoms with Crippen molar-refractivity contribution >= 4 is 16.9 Å². The van der Waals surface area contributed by atoms with Gasteiger partial charge in [0.2, 0.25) is 5.12 Å². The predicted molar refractivity (Wildman–Crippen MR) is 59.8 cm³/mol. The Bertz CT molecular complexity index is 507. The van der Waals surface area contributed by atoms with Crippen LogP contribution in [0.4, 0.5) is 4.39 Å². The molecule has 0 radical (unpaired) electrons. The number of halogens is 1. The number of aromatic nitrogens is 2. The molecule has 0 bridgehead atoms. The van der Waals surface area contributed by atoms with Crippen LogP contribution in [0.25, 0.3) is 0 Å². The number of thioether (sulfide) groups is 1. The van der Waals surface area contributed by atoms with Crippen molar-refractivity contribution in [1.82, 2.24) is 9.55 Å². The van der Waals surface area contributed by atoms with Gasteiger partial charge in [0, 0.05) is 25.0 Å². The highest BCUT2D eigenvalue weighted by atomic mass is 32.2. The van der Waals surface area contributed by atoms with Gasteiger partial charge in [0.05, 0.1) is 0 Å². The highest BCUT2D eigenvalue weighted by Crippen LogP contribution is 2.20. The lowest BCUT2D eigenvalue weighted by atomic mass is 10.2. The van der Waals surface area contributed by atoms with Crippen molar-refractivity contribution in [2.45, 2.75) is 5.16 Å². The molecule has 1 aromatic carbocycles. The van der Waals surface area contributed by atoms with Crippen LogP contribution in [0.3, 0.4) is 0 Å². The Morgan fingerprint density at radius 1 is 1.38 bits per heavy atom. The van der Waals surface area contributed by atoms with E-state index in [2.05, 4.69) is 4.98 Å². The lowest BCUT2D eigenvalue weighted by Crippen LogP contribution is -1.97. The first kappa shape index (κ1) is 10.9. The van der Waals surface area contributed by atoms with Gasteiger partial charge in [0.1, 0.15) is 5.82 Å². The number of imidazole rings is 1. The molecular weight excluding hydrogens is 227 g/mol. The van der Waals surface area contributed by atoms with Crippen LogP contribution in [0, 0.1) is 5.82 Å². The van der Waals surface area contributed by atoms with Crippen LogP contribution < -0.4 is 0 Å². The third kappa shape index (κ3) is 2.30. The molecule has 0 saturated carbocycles. The van der Waals surface area contributed by atoms with E-state index >= 15 is 0 Å². The quantitative estimate of drug-likeness (QED) is 0.751. The number of aryl methyl sites for hydroxylation is 1. The van der Waals surface area contributed by atoms with Crippen LogP contribution in [0.5, 0.6) is 0 Å². The van der Waals surface area contributed by atoms with Gasteiger partial charge < -0.3 is 4.57 Å². The van der Waals surface area contributed by atoms with E-state index < -0.39 is 0 Å². The summed E-state index contributed by atoms with van der Waals surface area (Å²) in [5, 5.41) is 0.476. The molecule has 0 aliphatic rings. The average molecular weight is 236 g/mol. The second kappa shape index (κ2) is 4.49. The van der Waals surface area contributed by atoms with Crippen molar-refractivity contribution in [2.24, 2.45) is 7.05 Å². The molecule has 0 aliphatic heterocycles. The minimum Gasteiger partial charge on any atom is -0.329 e. The number of hydrogen-bond acceptors (Lipinski definition) is 3. The molecule has 2 rings (SSSR count). The zero-order valence-corrected chi connectivity index (χ0v) is 9.37. The van der Waals surface area contributed by atoms with Gasteiger partial charge in [-0.1, -0.05) is 0 Å². The summed E-state index contributed by atoms with van der Waals surface area (Å²) in [4.78, 5) is 15.8. The molecule has 2 aromatic rings. The summed E-state index contributed by atoms with van der Waals surface area (Å²) in [5.41, 5.74) is 0.467. The second-order valence-corrected chi connectivity index (χ2v) is 4.16. The third-order valence-electron chi connectivity index (χ3n) is 2.04. The van der Waals surface area contributed by atoms with Gasteiger partial charge in [-0.3, -0.25) is 4.79 Å². The maximum atomic E-state index is 12.7. The molecule has 0 N–H and O–H groups in total. The average Bonchev–Trinajstić information content (AvgIpc) is 2.65. The normalized spacial score (nSPS) is 10.4. The maximum Gasteiger partial charge on any atom is 0.227 e. The van der Waals surface area contributed by atoms with E-state index in [1.54, 1.807) is 17.0 Å². The molecule has 0 aliphatic carbocycles. The summed E-state index contributed by atoms with van der Waals surface area (Å²) >= 11 is 1.03. The molecular formula is C11H9FN2OS. The van der Waals surface area contributed by atoms with Gasteiger partial charge in [0.25, 0.3) is 0 Å². The molecule has 5 heteroatoms. The molecule has 0 saturated heterocycles. The molecule has 0 amide bonds. The van der Waals surface area contributed by atoms with E-state index in [-0.39, 0.29) is 10.9 Å². The van der Waals surface area contributed by atoms with Crippen molar-refractivity contribution in [3.05, 3.63) is 48.0 Å². The molecule has 3 nitrogen and oxygen atoms in total.